The molecule has 9 heteroatoms. The third kappa shape index (κ3) is 4.89. The molecular formula is C20H19ClF3N3O2. The van der Waals surface area contributed by atoms with Crippen molar-refractivity contribution in [3.05, 3.63) is 59.1 Å². The number of para-hydroxylation sites is 2. The number of carbonyl (C=O) groups is 2. The second-order valence-electron chi connectivity index (χ2n) is 6.75. The lowest BCUT2D eigenvalue weighted by atomic mass is 10.1. The van der Waals surface area contributed by atoms with Crippen LogP contribution in [0.4, 0.5) is 24.5 Å². The summed E-state index contributed by atoms with van der Waals surface area (Å²) in [4.78, 5) is 25.5. The van der Waals surface area contributed by atoms with Gasteiger partial charge in [-0.05, 0) is 36.8 Å². The average Bonchev–Trinajstić information content (AvgIpc) is 2.81. The zero-order valence-electron chi connectivity index (χ0n) is 15.5. The van der Waals surface area contributed by atoms with Crippen LogP contribution in [0.3, 0.4) is 0 Å². The predicted octanol–water partition coefficient (Wildman–Crippen LogP) is 4.30. The fourth-order valence-electron chi connectivity index (χ4n) is 3.22. The van der Waals surface area contributed by atoms with E-state index in [1.807, 2.05) is 0 Å². The number of halogens is 4. The molecule has 0 saturated heterocycles. The molecule has 0 radical (unpaired) electrons. The second-order valence-corrected chi connectivity index (χ2v) is 7.18. The molecule has 5 nitrogen and oxygen atoms in total. The third-order valence-corrected chi connectivity index (χ3v) is 4.92. The quantitative estimate of drug-likeness (QED) is 0.768. The van der Waals surface area contributed by atoms with Crippen LogP contribution >= 0.6 is 11.6 Å². The maximum atomic E-state index is 13.7. The lowest BCUT2D eigenvalue weighted by Gasteiger charge is -2.32. The number of alkyl halides is 3. The van der Waals surface area contributed by atoms with Gasteiger partial charge in [-0.15, -0.1) is 0 Å². The summed E-state index contributed by atoms with van der Waals surface area (Å²) in [7, 11) is 0. The van der Waals surface area contributed by atoms with Crippen molar-refractivity contribution in [1.29, 1.82) is 0 Å². The molecule has 2 atom stereocenters. The SMILES string of the molecule is C[C@@H](NCC(=O)N1c2ccccc2NC(=O)C[C@@H]1C(F)(F)F)c1cccc(Cl)c1. The van der Waals surface area contributed by atoms with Crippen molar-refractivity contribution >= 4 is 34.8 Å². The fourth-order valence-corrected chi connectivity index (χ4v) is 3.41. The van der Waals surface area contributed by atoms with Gasteiger partial charge in [0.05, 0.1) is 24.3 Å². The molecule has 29 heavy (non-hydrogen) atoms. The number of rotatable bonds is 4. The van der Waals surface area contributed by atoms with E-state index >= 15 is 0 Å². The van der Waals surface area contributed by atoms with Crippen molar-refractivity contribution in [3.8, 4) is 0 Å². The fraction of sp³-hybridized carbons (Fsp3) is 0.300. The molecule has 3 rings (SSSR count). The van der Waals surface area contributed by atoms with Crippen LogP contribution < -0.4 is 15.5 Å². The summed E-state index contributed by atoms with van der Waals surface area (Å²) >= 11 is 5.96. The first kappa shape index (κ1) is 21.1. The lowest BCUT2D eigenvalue weighted by molar-refractivity contribution is -0.157. The third-order valence-electron chi connectivity index (χ3n) is 4.68. The Labute approximate surface area is 170 Å². The molecule has 0 saturated carbocycles. The Morgan fingerprint density at radius 1 is 1.28 bits per heavy atom. The van der Waals surface area contributed by atoms with E-state index in [-0.39, 0.29) is 24.0 Å². The Kier molecular flexibility index (Phi) is 6.14. The standard InChI is InChI=1S/C20H19ClF3N3O2/c1-12(13-5-4-6-14(21)9-13)25-11-19(29)27-16-8-3-2-7-15(16)26-18(28)10-17(27)20(22,23)24/h2-9,12,17,25H,10-11H2,1H3,(H,26,28)/t12-,17-/m1/s1. The van der Waals surface area contributed by atoms with Gasteiger partial charge >= 0.3 is 6.18 Å². The highest BCUT2D eigenvalue weighted by Crippen LogP contribution is 2.37. The minimum absolute atomic E-state index is 0.0166. The number of benzene rings is 2. The molecule has 1 aliphatic heterocycles. The summed E-state index contributed by atoms with van der Waals surface area (Å²) in [5, 5.41) is 5.89. The second kappa shape index (κ2) is 8.42. The number of nitrogens with zero attached hydrogens (tertiary/aromatic N) is 1. The van der Waals surface area contributed by atoms with Crippen LogP contribution in [0, 0.1) is 0 Å². The number of fused-ring (bicyclic) bond motifs is 1. The Morgan fingerprint density at radius 2 is 2.00 bits per heavy atom. The van der Waals surface area contributed by atoms with Crippen LogP contribution in [-0.2, 0) is 9.59 Å². The summed E-state index contributed by atoms with van der Waals surface area (Å²) in [5.41, 5.74) is 0.981. The average molecular weight is 426 g/mol. The maximum Gasteiger partial charge on any atom is 0.409 e. The summed E-state index contributed by atoms with van der Waals surface area (Å²) in [6, 6.07) is 10.4. The van der Waals surface area contributed by atoms with Crippen molar-refractivity contribution in [2.75, 3.05) is 16.8 Å². The Bertz CT molecular complexity index is 920. The number of anilines is 2. The van der Waals surface area contributed by atoms with Crippen LogP contribution in [0.5, 0.6) is 0 Å². The van der Waals surface area contributed by atoms with Crippen molar-refractivity contribution in [2.45, 2.75) is 31.6 Å². The normalized spacial score (nSPS) is 17.9. The van der Waals surface area contributed by atoms with Gasteiger partial charge in [0, 0.05) is 11.1 Å². The molecule has 0 spiro atoms. The highest BCUT2D eigenvalue weighted by Gasteiger charge is 2.48. The van der Waals surface area contributed by atoms with Gasteiger partial charge in [-0.3, -0.25) is 14.5 Å². The zero-order chi connectivity index (χ0) is 21.2. The molecule has 1 aliphatic rings. The highest BCUT2D eigenvalue weighted by molar-refractivity contribution is 6.30. The number of carbonyl (C=O) groups excluding carboxylic acids is 2. The Balaban J connectivity index is 1.86. The predicted molar refractivity (Wildman–Crippen MR) is 105 cm³/mol. The number of hydrogen-bond acceptors (Lipinski definition) is 3. The number of amides is 2. The van der Waals surface area contributed by atoms with E-state index in [9.17, 15) is 22.8 Å². The molecule has 154 valence electrons. The molecule has 0 aromatic heterocycles. The monoisotopic (exact) mass is 425 g/mol. The molecule has 0 bridgehead atoms. The molecule has 2 aromatic carbocycles. The first-order chi connectivity index (χ1) is 13.7. The molecule has 0 fully saturated rings. The van der Waals surface area contributed by atoms with Gasteiger partial charge in [0.25, 0.3) is 0 Å². The number of nitrogens with one attached hydrogen (secondary N) is 2. The smallest absolute Gasteiger partial charge is 0.324 e. The minimum atomic E-state index is -4.76. The molecule has 0 unspecified atom stereocenters. The summed E-state index contributed by atoms with van der Waals surface area (Å²) in [6.45, 7) is 1.43. The van der Waals surface area contributed by atoms with Gasteiger partial charge < -0.3 is 10.6 Å². The topological polar surface area (TPSA) is 61.4 Å². The first-order valence-electron chi connectivity index (χ1n) is 8.93. The van der Waals surface area contributed by atoms with Crippen LogP contribution in [0.1, 0.15) is 24.9 Å². The van der Waals surface area contributed by atoms with Crippen molar-refractivity contribution in [1.82, 2.24) is 5.32 Å². The maximum absolute atomic E-state index is 13.7. The van der Waals surface area contributed by atoms with Gasteiger partial charge in [0.2, 0.25) is 11.8 Å². The molecule has 0 aliphatic carbocycles. The van der Waals surface area contributed by atoms with E-state index in [0.717, 1.165) is 5.56 Å². The van der Waals surface area contributed by atoms with Gasteiger partial charge in [-0.25, -0.2) is 0 Å². The summed E-state index contributed by atoms with van der Waals surface area (Å²) < 4.78 is 41.1. The van der Waals surface area contributed by atoms with Crippen LogP contribution in [0.15, 0.2) is 48.5 Å². The van der Waals surface area contributed by atoms with Gasteiger partial charge in [-0.1, -0.05) is 35.9 Å². The van der Waals surface area contributed by atoms with Crippen molar-refractivity contribution in [3.63, 3.8) is 0 Å². The van der Waals surface area contributed by atoms with E-state index in [0.29, 0.717) is 9.92 Å². The van der Waals surface area contributed by atoms with Crippen LogP contribution in [0.2, 0.25) is 5.02 Å². The van der Waals surface area contributed by atoms with E-state index < -0.39 is 30.5 Å². The van der Waals surface area contributed by atoms with Gasteiger partial charge in [0.15, 0.2) is 0 Å². The van der Waals surface area contributed by atoms with Crippen LogP contribution in [-0.4, -0.2) is 30.6 Å². The zero-order valence-corrected chi connectivity index (χ0v) is 16.2. The molecular weight excluding hydrogens is 407 g/mol. The Morgan fingerprint density at radius 3 is 2.69 bits per heavy atom. The van der Waals surface area contributed by atoms with E-state index in [2.05, 4.69) is 10.6 Å². The van der Waals surface area contributed by atoms with Crippen molar-refractivity contribution < 1.29 is 22.8 Å². The van der Waals surface area contributed by atoms with Gasteiger partial charge in [-0.2, -0.15) is 13.2 Å². The van der Waals surface area contributed by atoms with Gasteiger partial charge in [0.1, 0.15) is 6.04 Å². The first-order valence-corrected chi connectivity index (χ1v) is 9.31. The lowest BCUT2D eigenvalue weighted by Crippen LogP contribution is -2.52. The van der Waals surface area contributed by atoms with Crippen molar-refractivity contribution in [2.24, 2.45) is 0 Å². The summed E-state index contributed by atoms with van der Waals surface area (Å²) in [6.07, 6.45) is -5.63. The molecule has 1 heterocycles. The highest BCUT2D eigenvalue weighted by atomic mass is 35.5. The largest absolute Gasteiger partial charge is 0.409 e. The minimum Gasteiger partial charge on any atom is -0.324 e. The van der Waals surface area contributed by atoms with E-state index in [1.165, 1.54) is 18.2 Å². The Hall–Kier alpha value is -2.58. The van der Waals surface area contributed by atoms with Crippen LogP contribution in [0.25, 0.3) is 0 Å². The van der Waals surface area contributed by atoms with E-state index in [1.54, 1.807) is 37.3 Å². The molecule has 2 amide bonds. The van der Waals surface area contributed by atoms with E-state index in [4.69, 9.17) is 11.6 Å². The summed E-state index contributed by atoms with van der Waals surface area (Å²) in [5.74, 6) is -1.58. The molecule has 2 N–H and O–H groups in total. The molecule has 2 aromatic rings. The number of hydrogen-bond donors (Lipinski definition) is 2.